The number of benzene rings is 1. The standard InChI is InChI=1S/C9H9N3O/c10-7-5-3-1-2-4-6(5)12-8(7)9(11)13/h1-4,7H,10H2,(H2,11,13). The third-order valence-corrected chi connectivity index (χ3v) is 2.06. The number of carbonyl (C=O) groups is 1. The molecule has 1 unspecified atom stereocenters. The van der Waals surface area contributed by atoms with Crippen LogP contribution in [0.3, 0.4) is 0 Å². The lowest BCUT2D eigenvalue weighted by molar-refractivity contribution is -0.112. The van der Waals surface area contributed by atoms with Crippen LogP contribution in [0.1, 0.15) is 11.6 Å². The Balaban J connectivity index is 2.50. The third kappa shape index (κ3) is 1.11. The Hall–Kier alpha value is -1.68. The second-order valence-electron chi connectivity index (χ2n) is 2.90. The fraction of sp³-hybridized carbons (Fsp3) is 0.111. The maximum absolute atomic E-state index is 10.9. The molecule has 1 aliphatic heterocycles. The van der Waals surface area contributed by atoms with Gasteiger partial charge in [-0.25, -0.2) is 4.99 Å². The number of nitrogens with two attached hydrogens (primary N) is 2. The summed E-state index contributed by atoms with van der Waals surface area (Å²) in [5, 5.41) is 0. The van der Waals surface area contributed by atoms with Gasteiger partial charge in [0.2, 0.25) is 0 Å². The molecule has 0 spiro atoms. The molecular weight excluding hydrogens is 166 g/mol. The van der Waals surface area contributed by atoms with Gasteiger partial charge < -0.3 is 11.5 Å². The van der Waals surface area contributed by atoms with Crippen molar-refractivity contribution in [2.24, 2.45) is 16.5 Å². The van der Waals surface area contributed by atoms with Crippen molar-refractivity contribution in [1.82, 2.24) is 0 Å². The van der Waals surface area contributed by atoms with E-state index < -0.39 is 11.9 Å². The zero-order chi connectivity index (χ0) is 9.42. The summed E-state index contributed by atoms with van der Waals surface area (Å²) < 4.78 is 0. The highest BCUT2D eigenvalue weighted by Crippen LogP contribution is 2.31. The molecule has 1 amide bonds. The van der Waals surface area contributed by atoms with Crippen molar-refractivity contribution in [3.63, 3.8) is 0 Å². The lowest BCUT2D eigenvalue weighted by Crippen LogP contribution is -2.31. The number of amides is 1. The second kappa shape index (κ2) is 2.67. The van der Waals surface area contributed by atoms with Gasteiger partial charge in [-0.05, 0) is 6.07 Å². The first-order chi connectivity index (χ1) is 6.20. The molecule has 1 aromatic rings. The van der Waals surface area contributed by atoms with Gasteiger partial charge in [0, 0.05) is 5.56 Å². The van der Waals surface area contributed by atoms with Gasteiger partial charge in [0.1, 0.15) is 5.71 Å². The van der Waals surface area contributed by atoms with Crippen molar-refractivity contribution in [2.75, 3.05) is 0 Å². The van der Waals surface area contributed by atoms with Crippen molar-refractivity contribution < 1.29 is 4.79 Å². The highest BCUT2D eigenvalue weighted by molar-refractivity contribution is 6.41. The minimum Gasteiger partial charge on any atom is -0.364 e. The number of hydrogen-bond donors (Lipinski definition) is 2. The van der Waals surface area contributed by atoms with E-state index >= 15 is 0 Å². The molecule has 13 heavy (non-hydrogen) atoms. The zero-order valence-corrected chi connectivity index (χ0v) is 6.90. The fourth-order valence-corrected chi connectivity index (χ4v) is 1.41. The summed E-state index contributed by atoms with van der Waals surface area (Å²) in [4.78, 5) is 14.9. The smallest absolute Gasteiger partial charge is 0.265 e. The van der Waals surface area contributed by atoms with Gasteiger partial charge in [0.15, 0.2) is 0 Å². The summed E-state index contributed by atoms with van der Waals surface area (Å²) in [5.74, 6) is -0.552. The minimum atomic E-state index is -0.552. The van der Waals surface area contributed by atoms with Crippen LogP contribution in [0.25, 0.3) is 0 Å². The van der Waals surface area contributed by atoms with E-state index in [1.165, 1.54) is 0 Å². The third-order valence-electron chi connectivity index (χ3n) is 2.06. The molecule has 4 nitrogen and oxygen atoms in total. The topological polar surface area (TPSA) is 81.5 Å². The number of nitrogens with zero attached hydrogens (tertiary/aromatic N) is 1. The van der Waals surface area contributed by atoms with Crippen molar-refractivity contribution >= 4 is 17.3 Å². The number of aliphatic imine (C=N–C) groups is 1. The number of fused-ring (bicyclic) bond motifs is 1. The molecule has 1 aromatic carbocycles. The molecule has 2 rings (SSSR count). The molecule has 0 radical (unpaired) electrons. The summed E-state index contributed by atoms with van der Waals surface area (Å²) in [7, 11) is 0. The number of para-hydroxylation sites is 1. The van der Waals surface area contributed by atoms with Crippen LogP contribution >= 0.6 is 0 Å². The fourth-order valence-electron chi connectivity index (χ4n) is 1.41. The van der Waals surface area contributed by atoms with Gasteiger partial charge in [0.25, 0.3) is 5.91 Å². The first-order valence-electron chi connectivity index (χ1n) is 3.93. The van der Waals surface area contributed by atoms with Crippen LogP contribution in [0, 0.1) is 0 Å². The van der Waals surface area contributed by atoms with Crippen molar-refractivity contribution in [3.8, 4) is 0 Å². The van der Waals surface area contributed by atoms with Crippen LogP contribution in [0.4, 0.5) is 5.69 Å². The van der Waals surface area contributed by atoms with Crippen molar-refractivity contribution in [2.45, 2.75) is 6.04 Å². The molecule has 1 heterocycles. The maximum Gasteiger partial charge on any atom is 0.265 e. The monoisotopic (exact) mass is 175 g/mol. The number of hydrogen-bond acceptors (Lipinski definition) is 3. The Morgan fingerprint density at radius 2 is 2.08 bits per heavy atom. The maximum atomic E-state index is 10.9. The highest BCUT2D eigenvalue weighted by atomic mass is 16.1. The Morgan fingerprint density at radius 1 is 1.38 bits per heavy atom. The van der Waals surface area contributed by atoms with Gasteiger partial charge in [-0.2, -0.15) is 0 Å². The molecule has 4 heteroatoms. The number of carbonyl (C=O) groups excluding carboxylic acids is 1. The Morgan fingerprint density at radius 3 is 2.69 bits per heavy atom. The van der Waals surface area contributed by atoms with Crippen LogP contribution in [-0.2, 0) is 4.79 Å². The normalized spacial score (nSPS) is 19.5. The van der Waals surface area contributed by atoms with Crippen molar-refractivity contribution in [1.29, 1.82) is 0 Å². The second-order valence-corrected chi connectivity index (χ2v) is 2.90. The van der Waals surface area contributed by atoms with E-state index in [0.717, 1.165) is 11.3 Å². The largest absolute Gasteiger partial charge is 0.364 e. The Bertz CT molecular complexity index is 398. The molecular formula is C9H9N3O. The molecule has 0 saturated heterocycles. The van der Waals surface area contributed by atoms with Crippen LogP contribution in [0.15, 0.2) is 29.3 Å². The average molecular weight is 175 g/mol. The molecule has 0 bridgehead atoms. The first-order valence-corrected chi connectivity index (χ1v) is 3.93. The molecule has 1 aliphatic rings. The Kier molecular flexibility index (Phi) is 1.63. The van der Waals surface area contributed by atoms with Gasteiger partial charge >= 0.3 is 0 Å². The number of primary amides is 1. The van der Waals surface area contributed by atoms with Gasteiger partial charge in [0.05, 0.1) is 11.7 Å². The predicted molar refractivity (Wildman–Crippen MR) is 49.7 cm³/mol. The van der Waals surface area contributed by atoms with Crippen LogP contribution in [-0.4, -0.2) is 11.6 Å². The lowest BCUT2D eigenvalue weighted by atomic mass is 10.1. The van der Waals surface area contributed by atoms with Gasteiger partial charge in [-0.1, -0.05) is 18.2 Å². The Labute approximate surface area is 75.3 Å². The SMILES string of the molecule is NC(=O)C1=Nc2ccccc2C1N. The van der Waals surface area contributed by atoms with E-state index in [-0.39, 0.29) is 5.71 Å². The first kappa shape index (κ1) is 7.94. The van der Waals surface area contributed by atoms with E-state index in [0.29, 0.717) is 0 Å². The summed E-state index contributed by atoms with van der Waals surface area (Å²) in [6, 6.07) is 6.90. The summed E-state index contributed by atoms with van der Waals surface area (Å²) in [6.45, 7) is 0. The van der Waals surface area contributed by atoms with Gasteiger partial charge in [-0.3, -0.25) is 4.79 Å². The zero-order valence-electron chi connectivity index (χ0n) is 6.90. The molecule has 1 atom stereocenters. The lowest BCUT2D eigenvalue weighted by Gasteiger charge is -2.04. The van der Waals surface area contributed by atoms with E-state index in [9.17, 15) is 4.79 Å². The average Bonchev–Trinajstić information content (AvgIpc) is 2.45. The number of rotatable bonds is 1. The van der Waals surface area contributed by atoms with Crippen LogP contribution in [0.2, 0.25) is 0 Å². The molecule has 66 valence electrons. The molecule has 0 saturated carbocycles. The van der Waals surface area contributed by atoms with E-state index in [1.54, 1.807) is 0 Å². The van der Waals surface area contributed by atoms with Crippen molar-refractivity contribution in [3.05, 3.63) is 29.8 Å². The van der Waals surface area contributed by atoms with Gasteiger partial charge in [-0.15, -0.1) is 0 Å². The van der Waals surface area contributed by atoms with E-state index in [1.807, 2.05) is 24.3 Å². The highest BCUT2D eigenvalue weighted by Gasteiger charge is 2.26. The molecule has 0 aromatic heterocycles. The van der Waals surface area contributed by atoms with E-state index in [2.05, 4.69) is 4.99 Å². The minimum absolute atomic E-state index is 0.237. The summed E-state index contributed by atoms with van der Waals surface area (Å²) in [5.41, 5.74) is 12.7. The van der Waals surface area contributed by atoms with Crippen LogP contribution in [0.5, 0.6) is 0 Å². The predicted octanol–water partition coefficient (Wildman–Crippen LogP) is 0.258. The molecule has 0 fully saturated rings. The van der Waals surface area contributed by atoms with Crippen LogP contribution < -0.4 is 11.5 Å². The summed E-state index contributed by atoms with van der Waals surface area (Å²) in [6.07, 6.45) is 0. The molecule has 4 N–H and O–H groups in total. The quantitative estimate of drug-likeness (QED) is 0.641. The molecule has 0 aliphatic carbocycles. The summed E-state index contributed by atoms with van der Waals surface area (Å²) >= 11 is 0. The van der Waals surface area contributed by atoms with E-state index in [4.69, 9.17) is 11.5 Å².